The van der Waals surface area contributed by atoms with Crippen molar-refractivity contribution in [2.75, 3.05) is 7.11 Å². The number of alkyl halides is 1. The molecule has 5 heteroatoms. The van der Waals surface area contributed by atoms with Gasteiger partial charge in [0.15, 0.2) is 5.65 Å². The van der Waals surface area contributed by atoms with Crippen LogP contribution in [0.15, 0.2) is 30.5 Å². The Morgan fingerprint density at radius 3 is 2.67 bits per heavy atom. The van der Waals surface area contributed by atoms with E-state index in [-0.39, 0.29) is 0 Å². The van der Waals surface area contributed by atoms with Crippen molar-refractivity contribution in [1.82, 2.24) is 14.5 Å². The van der Waals surface area contributed by atoms with E-state index in [1.807, 2.05) is 36.6 Å². The topological polar surface area (TPSA) is 39.9 Å². The molecule has 0 fully saturated rings. The Kier molecular flexibility index (Phi) is 3.55. The summed E-state index contributed by atoms with van der Waals surface area (Å²) in [7, 11) is 1.67. The minimum atomic E-state index is 0.334. The van der Waals surface area contributed by atoms with Crippen LogP contribution in [0.5, 0.6) is 5.75 Å². The molecule has 3 rings (SSSR count). The average molecular weight is 302 g/mol. The third-order valence-electron chi connectivity index (χ3n) is 3.57. The molecule has 0 saturated carbocycles. The molecular weight excluding hydrogens is 286 g/mol. The van der Waals surface area contributed by atoms with E-state index in [0.717, 1.165) is 39.6 Å². The van der Waals surface area contributed by atoms with Gasteiger partial charge < -0.3 is 4.74 Å². The van der Waals surface area contributed by atoms with Crippen LogP contribution in [0.1, 0.15) is 17.0 Å². The molecule has 3 aromatic rings. The fourth-order valence-corrected chi connectivity index (χ4v) is 2.68. The van der Waals surface area contributed by atoms with Crippen molar-refractivity contribution in [1.29, 1.82) is 0 Å². The van der Waals surface area contributed by atoms with E-state index in [2.05, 4.69) is 16.0 Å². The first-order valence-electron chi connectivity index (χ1n) is 6.69. The Labute approximate surface area is 128 Å². The first-order chi connectivity index (χ1) is 10.2. The van der Waals surface area contributed by atoms with E-state index in [0.29, 0.717) is 5.88 Å². The van der Waals surface area contributed by atoms with Gasteiger partial charge in [-0.25, -0.2) is 9.97 Å². The number of pyridine rings is 1. The van der Waals surface area contributed by atoms with E-state index in [1.54, 1.807) is 13.3 Å². The number of imidazole rings is 1. The highest BCUT2D eigenvalue weighted by molar-refractivity contribution is 6.17. The van der Waals surface area contributed by atoms with Gasteiger partial charge in [-0.3, -0.25) is 4.57 Å². The average Bonchev–Trinajstić information content (AvgIpc) is 2.87. The number of methoxy groups -OCH3 is 1. The van der Waals surface area contributed by atoms with Crippen molar-refractivity contribution in [2.45, 2.75) is 19.7 Å². The smallest absolute Gasteiger partial charge is 0.164 e. The summed E-state index contributed by atoms with van der Waals surface area (Å²) in [5, 5.41) is 0. The molecule has 21 heavy (non-hydrogen) atoms. The van der Waals surface area contributed by atoms with Crippen molar-refractivity contribution in [3.63, 3.8) is 0 Å². The molecule has 0 N–H and O–H groups in total. The molecule has 108 valence electrons. The molecule has 0 spiro atoms. The van der Waals surface area contributed by atoms with Crippen LogP contribution in [-0.2, 0) is 5.88 Å². The molecule has 2 heterocycles. The quantitative estimate of drug-likeness (QED) is 0.691. The number of hydrogen-bond donors (Lipinski definition) is 0. The van der Waals surface area contributed by atoms with Gasteiger partial charge in [0, 0.05) is 11.9 Å². The van der Waals surface area contributed by atoms with E-state index >= 15 is 0 Å². The van der Waals surface area contributed by atoms with Gasteiger partial charge in [0.05, 0.1) is 13.0 Å². The van der Waals surface area contributed by atoms with Gasteiger partial charge in [0.25, 0.3) is 0 Å². The first kappa shape index (κ1) is 13.9. The Morgan fingerprint density at radius 2 is 2.00 bits per heavy atom. The highest BCUT2D eigenvalue weighted by Crippen LogP contribution is 2.26. The van der Waals surface area contributed by atoms with Crippen LogP contribution in [0.3, 0.4) is 0 Å². The summed E-state index contributed by atoms with van der Waals surface area (Å²) in [6, 6.07) is 7.95. The highest BCUT2D eigenvalue weighted by Gasteiger charge is 2.15. The highest BCUT2D eigenvalue weighted by atomic mass is 35.5. The molecule has 1 aromatic carbocycles. The van der Waals surface area contributed by atoms with Crippen LogP contribution in [0.4, 0.5) is 0 Å². The zero-order valence-electron chi connectivity index (χ0n) is 12.2. The van der Waals surface area contributed by atoms with Gasteiger partial charge in [-0.2, -0.15) is 0 Å². The minimum Gasteiger partial charge on any atom is -0.496 e. The molecule has 0 aliphatic rings. The first-order valence-corrected chi connectivity index (χ1v) is 7.23. The molecular formula is C16H16ClN3O. The molecule has 0 unspecified atom stereocenters. The van der Waals surface area contributed by atoms with Crippen molar-refractivity contribution in [3.8, 4) is 11.4 Å². The number of ether oxygens (including phenoxy) is 1. The van der Waals surface area contributed by atoms with Gasteiger partial charge in [-0.1, -0.05) is 0 Å². The maximum atomic E-state index is 6.07. The van der Waals surface area contributed by atoms with Gasteiger partial charge in [0.2, 0.25) is 0 Å². The van der Waals surface area contributed by atoms with Crippen LogP contribution >= 0.6 is 11.6 Å². The van der Waals surface area contributed by atoms with Crippen molar-refractivity contribution < 1.29 is 4.74 Å². The molecule has 0 aliphatic carbocycles. The normalized spacial score (nSPS) is 11.0. The predicted octanol–water partition coefficient (Wildman–Crippen LogP) is 3.78. The van der Waals surface area contributed by atoms with Crippen LogP contribution in [0.25, 0.3) is 16.9 Å². The number of halogens is 1. The summed E-state index contributed by atoms with van der Waals surface area (Å²) in [5.74, 6) is 1.98. The molecule has 0 aliphatic heterocycles. The molecule has 0 amide bonds. The third-order valence-corrected chi connectivity index (χ3v) is 3.81. The summed E-state index contributed by atoms with van der Waals surface area (Å²) >= 11 is 6.07. The second-order valence-electron chi connectivity index (χ2n) is 4.95. The van der Waals surface area contributed by atoms with Gasteiger partial charge in [0.1, 0.15) is 17.1 Å². The van der Waals surface area contributed by atoms with Crippen LogP contribution in [0.2, 0.25) is 0 Å². The number of aryl methyl sites for hydroxylation is 2. The Balaban J connectivity index is 2.28. The third kappa shape index (κ3) is 2.25. The van der Waals surface area contributed by atoms with Gasteiger partial charge >= 0.3 is 0 Å². The van der Waals surface area contributed by atoms with Crippen LogP contribution < -0.4 is 4.74 Å². The largest absolute Gasteiger partial charge is 0.496 e. The minimum absolute atomic E-state index is 0.334. The standard InChI is InChI=1S/C16H16ClN3O/c1-10-6-7-18-16-15(10)19-14(9-17)20(16)12-4-5-13(21-3)11(2)8-12/h4-8H,9H2,1-3H3. The summed E-state index contributed by atoms with van der Waals surface area (Å²) in [6.07, 6.45) is 1.80. The lowest BCUT2D eigenvalue weighted by Crippen LogP contribution is -2.01. The lowest BCUT2D eigenvalue weighted by molar-refractivity contribution is 0.411. The summed E-state index contributed by atoms with van der Waals surface area (Å²) < 4.78 is 7.32. The Morgan fingerprint density at radius 1 is 1.19 bits per heavy atom. The number of fused-ring (bicyclic) bond motifs is 1. The second kappa shape index (κ2) is 5.37. The fourth-order valence-electron chi connectivity index (χ4n) is 2.50. The second-order valence-corrected chi connectivity index (χ2v) is 5.22. The van der Waals surface area contributed by atoms with E-state index in [1.165, 1.54) is 0 Å². The SMILES string of the molecule is COc1ccc(-n2c(CCl)nc3c(C)ccnc32)cc1C. The lowest BCUT2D eigenvalue weighted by Gasteiger charge is -2.10. The van der Waals surface area contributed by atoms with Crippen LogP contribution in [0, 0.1) is 13.8 Å². The number of nitrogens with zero attached hydrogens (tertiary/aromatic N) is 3. The van der Waals surface area contributed by atoms with Gasteiger partial charge in [-0.05, 0) is 49.2 Å². The zero-order chi connectivity index (χ0) is 15.0. The Bertz CT molecular complexity index is 811. The van der Waals surface area contributed by atoms with E-state index in [4.69, 9.17) is 16.3 Å². The molecule has 0 radical (unpaired) electrons. The van der Waals surface area contributed by atoms with Crippen molar-refractivity contribution >= 4 is 22.8 Å². The van der Waals surface area contributed by atoms with Crippen molar-refractivity contribution in [2.24, 2.45) is 0 Å². The zero-order valence-corrected chi connectivity index (χ0v) is 13.0. The molecule has 0 saturated heterocycles. The van der Waals surface area contributed by atoms with Crippen LogP contribution in [-0.4, -0.2) is 21.6 Å². The molecule has 2 aromatic heterocycles. The number of rotatable bonds is 3. The predicted molar refractivity (Wildman–Crippen MR) is 84.4 cm³/mol. The maximum Gasteiger partial charge on any atom is 0.164 e. The number of benzene rings is 1. The van der Waals surface area contributed by atoms with E-state index < -0.39 is 0 Å². The molecule has 0 atom stereocenters. The van der Waals surface area contributed by atoms with E-state index in [9.17, 15) is 0 Å². The maximum absolute atomic E-state index is 6.07. The summed E-state index contributed by atoms with van der Waals surface area (Å²) in [6.45, 7) is 4.04. The number of aromatic nitrogens is 3. The molecule has 4 nitrogen and oxygen atoms in total. The summed E-state index contributed by atoms with van der Waals surface area (Å²) in [5.41, 5.74) is 4.86. The van der Waals surface area contributed by atoms with Crippen molar-refractivity contribution in [3.05, 3.63) is 47.4 Å². The number of hydrogen-bond acceptors (Lipinski definition) is 3. The molecule has 0 bridgehead atoms. The fraction of sp³-hybridized carbons (Fsp3) is 0.250. The summed E-state index contributed by atoms with van der Waals surface area (Å²) in [4.78, 5) is 9.09. The van der Waals surface area contributed by atoms with Gasteiger partial charge in [-0.15, -0.1) is 11.6 Å². The monoisotopic (exact) mass is 301 g/mol. The Hall–Kier alpha value is -2.07. The lowest BCUT2D eigenvalue weighted by atomic mass is 10.2.